The Morgan fingerprint density at radius 1 is 0.652 bits per heavy atom. The summed E-state index contributed by atoms with van der Waals surface area (Å²) in [4.78, 5) is 62.6. The molecule has 8 atom stereocenters. The van der Waals surface area contributed by atoms with Crippen LogP contribution in [0.1, 0.15) is 12.5 Å². The molecular formula is C22H30N10O14. The van der Waals surface area contributed by atoms with Gasteiger partial charge in [-0.1, -0.05) is 0 Å². The third-order valence-corrected chi connectivity index (χ3v) is 7.04. The fraction of sp³-hybridized carbons (Fsp3) is 0.455. The summed E-state index contributed by atoms with van der Waals surface area (Å²) in [5.41, 5.74) is -4.11. The van der Waals surface area contributed by atoms with Crippen LogP contribution in [-0.2, 0) is 9.47 Å². The zero-order chi connectivity index (χ0) is 32.0. The lowest BCUT2D eigenvalue weighted by Gasteiger charge is -2.19. The number of fused-ring (bicyclic) bond motifs is 2. The molecule has 0 bridgehead atoms. The minimum absolute atomic E-state index is 0. The van der Waals surface area contributed by atoms with Crippen LogP contribution in [0.5, 0.6) is 0 Å². The summed E-state index contributed by atoms with van der Waals surface area (Å²) in [5, 5.41) is 72.7. The van der Waals surface area contributed by atoms with Gasteiger partial charge in [0.2, 0.25) is 0 Å². The molecule has 0 saturated carbocycles. The van der Waals surface area contributed by atoms with Crippen molar-refractivity contribution in [3.63, 3.8) is 0 Å². The monoisotopic (exact) mass is 658 g/mol. The smallest absolute Gasteiger partial charge is 0.327 e. The Labute approximate surface area is 251 Å². The number of H-pyrrole nitrogens is 4. The first-order chi connectivity index (χ1) is 20.9. The van der Waals surface area contributed by atoms with Crippen molar-refractivity contribution < 1.29 is 51.1 Å². The number of hydrogen-bond acceptors (Lipinski definition) is 16. The maximum atomic E-state index is 11.8. The molecule has 4 aromatic heterocycles. The lowest BCUT2D eigenvalue weighted by molar-refractivity contribution is -0.0515. The van der Waals surface area contributed by atoms with Crippen molar-refractivity contribution in [3.8, 4) is 0 Å². The third-order valence-electron chi connectivity index (χ3n) is 7.04. The van der Waals surface area contributed by atoms with Crippen LogP contribution in [-0.4, -0.2) is 130 Å². The van der Waals surface area contributed by atoms with Gasteiger partial charge in [-0.3, -0.25) is 49.5 Å². The minimum Gasteiger partial charge on any atom is -0.412 e. The van der Waals surface area contributed by atoms with Crippen molar-refractivity contribution in [1.82, 2.24) is 39.0 Å². The molecule has 24 nitrogen and oxygen atoms in total. The van der Waals surface area contributed by atoms with Crippen LogP contribution in [0.3, 0.4) is 0 Å². The van der Waals surface area contributed by atoms with E-state index in [0.717, 1.165) is 21.8 Å². The number of aliphatic hydroxyl groups excluding tert-OH is 6. The largest absolute Gasteiger partial charge is 0.412 e. The maximum absolute atomic E-state index is 11.8. The Bertz CT molecular complexity index is 1920. The first-order valence-electron chi connectivity index (χ1n) is 12.7. The first kappa shape index (κ1) is 35.7. The Morgan fingerprint density at radius 2 is 1.00 bits per heavy atom. The summed E-state index contributed by atoms with van der Waals surface area (Å²) in [6, 6.07) is 0. The van der Waals surface area contributed by atoms with Gasteiger partial charge in [-0.05, 0) is 0 Å². The summed E-state index contributed by atoms with van der Waals surface area (Å²) in [6.45, 7) is -1.04. The minimum atomic E-state index is -1.41. The molecule has 24 heteroatoms. The number of rotatable bonds is 4. The Hall–Kier alpha value is -4.76. The molecule has 16 N–H and O–H groups in total. The standard InChI is InChI=1S/2C11H13N5O6.2H2O/c2*12-7-4-8(14-11(21)15-9(4)20)16(2-13-7)10-6(19)5(18)3(1-17)22-10;;/h2*2-3,5-6,10,12,17-19H,1H2,(H2,14,15,20,21);2*1H2/t2*3-,5-,6-,10-;;/m11../s1. The second kappa shape index (κ2) is 13.7. The molecule has 0 spiro atoms. The molecule has 6 heterocycles. The van der Waals surface area contributed by atoms with Crippen LogP contribution in [0, 0.1) is 10.8 Å². The number of aromatic nitrogens is 8. The number of aromatic amines is 4. The summed E-state index contributed by atoms with van der Waals surface area (Å²) in [6.07, 6.45) is -7.72. The van der Waals surface area contributed by atoms with Crippen LogP contribution >= 0.6 is 0 Å². The van der Waals surface area contributed by atoms with Gasteiger partial charge in [-0.15, -0.1) is 0 Å². The highest BCUT2D eigenvalue weighted by Gasteiger charge is 2.44. The molecule has 46 heavy (non-hydrogen) atoms. The molecule has 0 amide bonds. The van der Waals surface area contributed by atoms with Gasteiger partial charge in [0.25, 0.3) is 11.1 Å². The highest BCUT2D eigenvalue weighted by Crippen LogP contribution is 2.31. The highest BCUT2D eigenvalue weighted by molar-refractivity contribution is 5.72. The SMILES string of the molecule is N=c1ncn([C@@H]2O[C@H](CO)[C@@H](O)[C@H]2O)c2[nH]c(=O)[nH]c(=O)c12.N=c1ncn([C@@H]2O[C@H](CO)[C@@H](O)[C@H]2O)c2[nH]c(=O)[nH]c(=O)c12.O.O. The van der Waals surface area contributed by atoms with E-state index in [2.05, 4.69) is 19.9 Å². The van der Waals surface area contributed by atoms with Crippen LogP contribution in [0.4, 0.5) is 0 Å². The molecule has 2 saturated heterocycles. The number of hydrogen-bond donors (Lipinski definition) is 12. The summed E-state index contributed by atoms with van der Waals surface area (Å²) < 4.78 is 12.9. The predicted octanol–water partition coefficient (Wildman–Crippen LogP) is -8.64. The second-order valence-corrected chi connectivity index (χ2v) is 9.72. The van der Waals surface area contributed by atoms with E-state index in [1.54, 1.807) is 0 Å². The fourth-order valence-electron chi connectivity index (χ4n) is 4.87. The van der Waals surface area contributed by atoms with Gasteiger partial charge in [0, 0.05) is 0 Å². The van der Waals surface area contributed by atoms with Crippen molar-refractivity contribution in [1.29, 1.82) is 10.8 Å². The second-order valence-electron chi connectivity index (χ2n) is 9.72. The van der Waals surface area contributed by atoms with E-state index in [0.29, 0.717) is 0 Å². The molecule has 0 radical (unpaired) electrons. The van der Waals surface area contributed by atoms with E-state index in [9.17, 15) is 39.6 Å². The van der Waals surface area contributed by atoms with E-state index in [4.69, 9.17) is 30.5 Å². The average Bonchev–Trinajstić information content (AvgIpc) is 3.42. The molecular weight excluding hydrogens is 628 g/mol. The third kappa shape index (κ3) is 6.07. The van der Waals surface area contributed by atoms with Crippen LogP contribution in [0.25, 0.3) is 22.1 Å². The van der Waals surface area contributed by atoms with Gasteiger partial charge in [0.05, 0.1) is 13.2 Å². The average molecular weight is 659 g/mol. The lowest BCUT2D eigenvalue weighted by Crippen LogP contribution is -2.35. The van der Waals surface area contributed by atoms with E-state index in [1.165, 1.54) is 0 Å². The van der Waals surface area contributed by atoms with E-state index in [-0.39, 0.29) is 44.0 Å². The van der Waals surface area contributed by atoms with Gasteiger partial charge in [0.15, 0.2) is 23.4 Å². The normalized spacial score (nSPS) is 27.1. The van der Waals surface area contributed by atoms with Crippen molar-refractivity contribution >= 4 is 22.1 Å². The zero-order valence-corrected chi connectivity index (χ0v) is 23.1. The molecule has 4 aromatic rings. The fourth-order valence-corrected chi connectivity index (χ4v) is 4.87. The summed E-state index contributed by atoms with van der Waals surface area (Å²) in [5.74, 6) is 0. The molecule has 0 aliphatic carbocycles. The molecule has 2 fully saturated rings. The number of ether oxygens (including phenoxy) is 2. The Kier molecular flexibility index (Phi) is 10.6. The molecule has 0 unspecified atom stereocenters. The Morgan fingerprint density at radius 3 is 1.30 bits per heavy atom. The van der Waals surface area contributed by atoms with E-state index in [1.807, 2.05) is 9.97 Å². The number of nitrogens with one attached hydrogen (secondary N) is 6. The zero-order valence-electron chi connectivity index (χ0n) is 23.1. The first-order valence-corrected chi connectivity index (χ1v) is 12.7. The molecule has 0 aromatic carbocycles. The van der Waals surface area contributed by atoms with Crippen LogP contribution < -0.4 is 33.5 Å². The van der Waals surface area contributed by atoms with Crippen molar-refractivity contribution in [2.24, 2.45) is 0 Å². The van der Waals surface area contributed by atoms with Crippen LogP contribution in [0.15, 0.2) is 31.8 Å². The Balaban J connectivity index is 0.000000240. The topological polar surface area (TPSA) is 418 Å². The number of aliphatic hydroxyl groups is 6. The van der Waals surface area contributed by atoms with Gasteiger partial charge in [-0.2, -0.15) is 0 Å². The van der Waals surface area contributed by atoms with E-state index < -0.39 is 84.8 Å². The van der Waals surface area contributed by atoms with Gasteiger partial charge < -0.3 is 51.1 Å². The quantitative estimate of drug-likeness (QED) is 0.0969. The van der Waals surface area contributed by atoms with Crippen molar-refractivity contribution in [3.05, 3.63) is 65.3 Å². The molecule has 252 valence electrons. The van der Waals surface area contributed by atoms with Crippen molar-refractivity contribution in [2.45, 2.75) is 49.1 Å². The molecule has 2 aliphatic rings. The molecule has 6 rings (SSSR count). The van der Waals surface area contributed by atoms with Gasteiger partial charge in [0.1, 0.15) is 71.3 Å². The van der Waals surface area contributed by atoms with Crippen molar-refractivity contribution in [2.75, 3.05) is 13.2 Å². The van der Waals surface area contributed by atoms with Gasteiger partial charge in [-0.25, -0.2) is 19.6 Å². The predicted molar refractivity (Wildman–Crippen MR) is 147 cm³/mol. The van der Waals surface area contributed by atoms with Gasteiger partial charge >= 0.3 is 11.4 Å². The maximum Gasteiger partial charge on any atom is 0.327 e. The van der Waals surface area contributed by atoms with Crippen LogP contribution in [0.2, 0.25) is 0 Å². The number of nitrogens with zero attached hydrogens (tertiary/aromatic N) is 4. The summed E-state index contributed by atoms with van der Waals surface area (Å²) in [7, 11) is 0. The highest BCUT2D eigenvalue weighted by atomic mass is 16.6. The summed E-state index contributed by atoms with van der Waals surface area (Å²) >= 11 is 0. The lowest BCUT2D eigenvalue weighted by atomic mass is 10.1. The van der Waals surface area contributed by atoms with E-state index >= 15 is 0 Å². The molecule has 2 aliphatic heterocycles.